The fourth-order valence-corrected chi connectivity index (χ4v) is 6.03. The Morgan fingerprint density at radius 1 is 0.906 bits per heavy atom. The molecule has 2 bridgehead atoms. The molecule has 0 radical (unpaired) electrons. The van der Waals surface area contributed by atoms with Gasteiger partial charge in [0.1, 0.15) is 17.1 Å². The molecule has 0 amide bonds. The highest BCUT2D eigenvalue weighted by molar-refractivity contribution is 6.26. The second-order valence-corrected chi connectivity index (χ2v) is 9.17. The van der Waals surface area contributed by atoms with Gasteiger partial charge in [-0.25, -0.2) is 0 Å². The lowest BCUT2D eigenvalue weighted by Crippen LogP contribution is -2.66. The summed E-state index contributed by atoms with van der Waals surface area (Å²) in [5, 5.41) is 11.2. The molecule has 2 aromatic rings. The molecular weight excluding hydrogens is 404 g/mol. The van der Waals surface area contributed by atoms with Crippen molar-refractivity contribution in [1.29, 1.82) is 0 Å². The van der Waals surface area contributed by atoms with Crippen LogP contribution in [-0.2, 0) is 15.0 Å². The van der Waals surface area contributed by atoms with E-state index in [9.17, 15) is 14.7 Å². The van der Waals surface area contributed by atoms with Crippen LogP contribution in [0.15, 0.2) is 66.3 Å². The van der Waals surface area contributed by atoms with Gasteiger partial charge in [-0.3, -0.25) is 9.59 Å². The molecule has 1 saturated carbocycles. The van der Waals surface area contributed by atoms with Crippen molar-refractivity contribution in [2.24, 2.45) is 17.8 Å². The first-order valence-electron chi connectivity index (χ1n) is 10.8. The summed E-state index contributed by atoms with van der Waals surface area (Å²) >= 11 is 0. The van der Waals surface area contributed by atoms with Gasteiger partial charge in [0.05, 0.1) is 20.1 Å². The van der Waals surface area contributed by atoms with Gasteiger partial charge in [0.2, 0.25) is 0 Å². The van der Waals surface area contributed by atoms with Crippen LogP contribution in [-0.4, -0.2) is 36.5 Å². The van der Waals surface area contributed by atoms with Crippen LogP contribution in [0.4, 0.5) is 0 Å². The summed E-state index contributed by atoms with van der Waals surface area (Å²) in [5.41, 5.74) is 0.717. The largest absolute Gasteiger partial charge is 0.497 e. The van der Waals surface area contributed by atoms with Crippen molar-refractivity contribution in [3.8, 4) is 11.5 Å². The molecule has 32 heavy (non-hydrogen) atoms. The van der Waals surface area contributed by atoms with E-state index in [-0.39, 0.29) is 11.6 Å². The summed E-state index contributed by atoms with van der Waals surface area (Å²) < 4.78 is 10.6. The lowest BCUT2D eigenvalue weighted by molar-refractivity contribution is -0.160. The Labute approximate surface area is 187 Å². The summed E-state index contributed by atoms with van der Waals surface area (Å²) in [5.74, 6) is -0.626. The third kappa shape index (κ3) is 2.54. The van der Waals surface area contributed by atoms with Gasteiger partial charge < -0.3 is 14.6 Å². The molecule has 2 aromatic carbocycles. The predicted octanol–water partition coefficient (Wildman–Crippen LogP) is 3.75. The van der Waals surface area contributed by atoms with E-state index in [2.05, 4.69) is 0 Å². The highest BCUT2D eigenvalue weighted by Crippen LogP contribution is 2.63. The maximum absolute atomic E-state index is 13.9. The number of methoxy groups -OCH3 is 2. The second kappa shape index (κ2) is 6.91. The number of benzene rings is 2. The van der Waals surface area contributed by atoms with E-state index >= 15 is 0 Å². The molecule has 1 fully saturated rings. The Hall–Kier alpha value is -3.18. The van der Waals surface area contributed by atoms with Crippen LogP contribution < -0.4 is 9.47 Å². The van der Waals surface area contributed by atoms with E-state index in [0.717, 1.165) is 16.7 Å². The highest BCUT2D eigenvalue weighted by atomic mass is 16.5. The van der Waals surface area contributed by atoms with Gasteiger partial charge in [-0.15, -0.1) is 0 Å². The Kier molecular flexibility index (Phi) is 4.47. The van der Waals surface area contributed by atoms with Crippen molar-refractivity contribution >= 4 is 17.1 Å². The quantitative estimate of drug-likeness (QED) is 0.748. The van der Waals surface area contributed by atoms with Crippen molar-refractivity contribution in [1.82, 2.24) is 0 Å². The van der Waals surface area contributed by atoms with E-state index in [4.69, 9.17) is 9.47 Å². The third-order valence-corrected chi connectivity index (χ3v) is 7.58. The maximum Gasteiger partial charge on any atom is 0.172 e. The molecule has 0 aromatic heterocycles. The number of aliphatic hydroxyl groups is 1. The van der Waals surface area contributed by atoms with Crippen molar-refractivity contribution in [2.75, 3.05) is 14.2 Å². The van der Waals surface area contributed by atoms with Crippen LogP contribution in [0.1, 0.15) is 25.0 Å². The number of rotatable bonds is 4. The van der Waals surface area contributed by atoms with Crippen LogP contribution in [0.2, 0.25) is 0 Å². The van der Waals surface area contributed by atoms with Crippen molar-refractivity contribution in [2.45, 2.75) is 24.9 Å². The van der Waals surface area contributed by atoms with Crippen LogP contribution in [0.3, 0.4) is 0 Å². The molecule has 0 aliphatic heterocycles. The molecule has 0 spiro atoms. The monoisotopic (exact) mass is 430 g/mol. The molecule has 4 aliphatic carbocycles. The van der Waals surface area contributed by atoms with E-state index in [1.165, 1.54) is 0 Å². The maximum atomic E-state index is 13.9. The Morgan fingerprint density at radius 2 is 1.47 bits per heavy atom. The fourth-order valence-electron chi connectivity index (χ4n) is 6.03. The van der Waals surface area contributed by atoms with Crippen molar-refractivity contribution in [3.05, 3.63) is 77.4 Å². The summed E-state index contributed by atoms with van der Waals surface area (Å²) in [4.78, 5) is 27.4. The van der Waals surface area contributed by atoms with Gasteiger partial charge >= 0.3 is 0 Å². The smallest absolute Gasteiger partial charge is 0.172 e. The summed E-state index contributed by atoms with van der Waals surface area (Å²) in [7, 11) is 3.20. The predicted molar refractivity (Wildman–Crippen MR) is 121 cm³/mol. The minimum absolute atomic E-state index is 0.0440. The lowest BCUT2D eigenvalue weighted by Gasteiger charge is -2.56. The minimum Gasteiger partial charge on any atom is -0.497 e. The first kappa shape index (κ1) is 20.7. The number of ketones is 2. The zero-order valence-electron chi connectivity index (χ0n) is 18.6. The minimum atomic E-state index is -1.58. The molecule has 4 aliphatic rings. The van der Waals surface area contributed by atoms with Gasteiger partial charge in [0.15, 0.2) is 11.6 Å². The first-order valence-corrected chi connectivity index (χ1v) is 10.8. The number of Topliss-reactive ketones (excluding diaryl/α,β-unsaturated/α-hetero) is 2. The molecule has 0 unspecified atom stereocenters. The molecule has 5 heteroatoms. The number of fused-ring (bicyclic) bond motifs is 1. The zero-order valence-corrected chi connectivity index (χ0v) is 18.6. The molecule has 1 N–H and O–H groups in total. The van der Waals surface area contributed by atoms with Crippen molar-refractivity contribution in [3.63, 3.8) is 0 Å². The standard InChI is InChI=1S/C27H26O5/c1-15-13-21-23-24(28)20(16-5-9-18(31-3)10-6-16)14-27(23,22(15)25(29)26(21,2)30)17-7-11-19(32-4)12-8-17/h5-14,21-23,30H,1-4H3/t21-,22-,23-,26+,27+/m1/s1. The van der Waals surface area contributed by atoms with Gasteiger partial charge in [-0.2, -0.15) is 0 Å². The Morgan fingerprint density at radius 3 is 2.03 bits per heavy atom. The van der Waals surface area contributed by atoms with Crippen LogP contribution in [0, 0.1) is 17.8 Å². The number of hydrogen-bond acceptors (Lipinski definition) is 5. The number of ether oxygens (including phenoxy) is 2. The molecular formula is C27H26O5. The number of allylic oxidation sites excluding steroid dienone is 3. The van der Waals surface area contributed by atoms with Gasteiger partial charge in [0, 0.05) is 22.8 Å². The average molecular weight is 431 g/mol. The van der Waals surface area contributed by atoms with Gasteiger partial charge in [0.25, 0.3) is 0 Å². The van der Waals surface area contributed by atoms with E-state index in [1.807, 2.05) is 67.6 Å². The fraction of sp³-hybridized carbons (Fsp3) is 0.333. The molecule has 0 saturated heterocycles. The zero-order chi connectivity index (χ0) is 22.8. The third-order valence-electron chi connectivity index (χ3n) is 7.58. The molecule has 5 atom stereocenters. The average Bonchev–Trinajstić information content (AvgIpc) is 3.11. The summed E-state index contributed by atoms with van der Waals surface area (Å²) in [6.45, 7) is 3.47. The Bertz CT molecular complexity index is 1170. The number of carbonyl (C=O) groups is 2. The first-order chi connectivity index (χ1) is 15.3. The molecule has 164 valence electrons. The summed E-state index contributed by atoms with van der Waals surface area (Å²) in [6, 6.07) is 15.0. The van der Waals surface area contributed by atoms with Gasteiger partial charge in [-0.1, -0.05) is 42.0 Å². The molecule has 6 rings (SSSR count). The topological polar surface area (TPSA) is 72.8 Å². The molecule has 0 heterocycles. The second-order valence-electron chi connectivity index (χ2n) is 9.17. The normalized spacial score (nSPS) is 33.0. The number of carbonyl (C=O) groups excluding carboxylic acids is 2. The SMILES string of the molecule is COc1ccc(C2=C[C@]3(c4ccc(OC)cc4)[C@H]4C(=O)[C@@](C)(O)[C@H](C=C4C)[C@@H]3C2=O)cc1. The number of hydrogen-bond donors (Lipinski definition) is 1. The van der Waals surface area contributed by atoms with E-state index in [1.54, 1.807) is 21.1 Å². The van der Waals surface area contributed by atoms with E-state index in [0.29, 0.717) is 17.1 Å². The Balaban J connectivity index is 1.76. The van der Waals surface area contributed by atoms with Gasteiger partial charge in [-0.05, 0) is 49.2 Å². The van der Waals surface area contributed by atoms with Crippen molar-refractivity contribution < 1.29 is 24.2 Å². The highest BCUT2D eigenvalue weighted by Gasteiger charge is 2.69. The molecule has 5 nitrogen and oxygen atoms in total. The lowest BCUT2D eigenvalue weighted by atomic mass is 9.45. The summed E-state index contributed by atoms with van der Waals surface area (Å²) in [6.07, 6.45) is 3.91. The van der Waals surface area contributed by atoms with E-state index < -0.39 is 28.8 Å². The van der Waals surface area contributed by atoms with Crippen LogP contribution >= 0.6 is 0 Å². The van der Waals surface area contributed by atoms with Crippen LogP contribution in [0.5, 0.6) is 11.5 Å². The van der Waals surface area contributed by atoms with Crippen LogP contribution in [0.25, 0.3) is 5.57 Å².